The average Bonchev–Trinajstić information content (AvgIpc) is 2.30. The van der Waals surface area contributed by atoms with Crippen LogP contribution in [0.4, 0.5) is 0 Å². The second kappa shape index (κ2) is 11.2. The summed E-state index contributed by atoms with van der Waals surface area (Å²) < 4.78 is 16.3. The molecule has 0 aliphatic rings. The van der Waals surface area contributed by atoms with Crippen LogP contribution in [0, 0.1) is 0 Å². The molecule has 0 atom stereocenters. The van der Waals surface area contributed by atoms with E-state index >= 15 is 0 Å². The van der Waals surface area contributed by atoms with E-state index < -0.39 is 14.8 Å². The summed E-state index contributed by atoms with van der Waals surface area (Å²) >= 11 is 0. The van der Waals surface area contributed by atoms with Crippen molar-refractivity contribution in [1.82, 2.24) is 0 Å². The molecule has 0 fully saturated rings. The molecule has 0 N–H and O–H groups in total. The first-order valence-electron chi connectivity index (χ1n) is 5.81. The maximum atomic E-state index is 9.49. The Balaban J connectivity index is 0. The number of aliphatic carboxylic acids is 1. The first kappa shape index (κ1) is 19.4. The van der Waals surface area contributed by atoms with Gasteiger partial charge in [0.1, 0.15) is 0 Å². The molecule has 0 aromatic heterocycles. The summed E-state index contributed by atoms with van der Waals surface area (Å²) in [6.07, 6.45) is 0. The Labute approximate surface area is 110 Å². The molecule has 18 heavy (non-hydrogen) atoms. The number of hydrogen-bond acceptors (Lipinski definition) is 5. The highest BCUT2D eigenvalue weighted by molar-refractivity contribution is 6.66. The van der Waals surface area contributed by atoms with Crippen LogP contribution in [0.25, 0.3) is 0 Å². The van der Waals surface area contributed by atoms with Gasteiger partial charge in [0.2, 0.25) is 0 Å². The van der Waals surface area contributed by atoms with Crippen molar-refractivity contribution in [3.05, 3.63) is 24.4 Å². The van der Waals surface area contributed by atoms with Crippen molar-refractivity contribution in [3.63, 3.8) is 0 Å². The van der Waals surface area contributed by atoms with Crippen molar-refractivity contribution >= 4 is 14.8 Å². The van der Waals surface area contributed by atoms with Crippen LogP contribution in [0.15, 0.2) is 24.4 Å². The number of rotatable bonds is 8. The quantitative estimate of drug-likeness (QED) is 0.489. The Hall–Kier alpha value is -0.953. The molecule has 0 bridgehead atoms. The van der Waals surface area contributed by atoms with Crippen molar-refractivity contribution in [3.8, 4) is 0 Å². The third-order valence-electron chi connectivity index (χ3n) is 1.64. The zero-order valence-corrected chi connectivity index (χ0v) is 12.7. The van der Waals surface area contributed by atoms with Gasteiger partial charge < -0.3 is 23.2 Å². The zero-order valence-electron chi connectivity index (χ0n) is 11.7. The Kier molecular flexibility index (Phi) is 12.0. The average molecular weight is 275 g/mol. The largest absolute Gasteiger partial charge is 0.545 e. The van der Waals surface area contributed by atoms with Gasteiger partial charge in [0.15, 0.2) is 0 Å². The van der Waals surface area contributed by atoms with E-state index in [0.29, 0.717) is 19.8 Å². The van der Waals surface area contributed by atoms with E-state index in [0.717, 1.165) is 0 Å². The van der Waals surface area contributed by atoms with E-state index in [9.17, 15) is 9.90 Å². The molecule has 0 heterocycles. The number of carbonyl (C=O) groups is 1. The molecule has 0 amide bonds. The minimum atomic E-state index is -2.51. The minimum Gasteiger partial charge on any atom is -0.545 e. The van der Waals surface area contributed by atoms with Crippen molar-refractivity contribution in [2.75, 3.05) is 19.8 Å². The molecule has 0 aliphatic carbocycles. The van der Waals surface area contributed by atoms with Gasteiger partial charge in [0.25, 0.3) is 0 Å². The van der Waals surface area contributed by atoms with Gasteiger partial charge in [-0.05, 0) is 39.0 Å². The predicted octanol–water partition coefficient (Wildman–Crippen LogP) is 1.07. The molecule has 0 aromatic rings. The normalized spacial score (nSPS) is 10.2. The van der Waals surface area contributed by atoms with Crippen LogP contribution in [0.5, 0.6) is 0 Å². The van der Waals surface area contributed by atoms with Crippen LogP contribution < -0.4 is 5.11 Å². The molecule has 0 aromatic carbocycles. The number of carboxylic acids is 1. The monoisotopic (exact) mass is 275 g/mol. The Bertz CT molecular complexity index is 236. The van der Waals surface area contributed by atoms with Gasteiger partial charge in [0.05, 0.1) is 5.97 Å². The topological polar surface area (TPSA) is 67.8 Å². The smallest absolute Gasteiger partial charge is 0.528 e. The second-order valence-corrected chi connectivity index (χ2v) is 5.66. The fraction of sp³-hybridized carbons (Fsp3) is 0.583. The summed E-state index contributed by atoms with van der Waals surface area (Å²) in [5.74, 6) is -1.19. The van der Waals surface area contributed by atoms with Gasteiger partial charge in [-0.1, -0.05) is 13.2 Å². The molecule has 0 saturated heterocycles. The van der Waals surface area contributed by atoms with E-state index in [4.69, 9.17) is 13.3 Å². The molecule has 106 valence electrons. The summed E-state index contributed by atoms with van der Waals surface area (Å²) in [7, 11) is -2.51. The molecule has 0 unspecified atom stereocenters. The highest BCUT2D eigenvalue weighted by atomic mass is 28.4. The van der Waals surface area contributed by atoms with Gasteiger partial charge in [-0.25, -0.2) is 0 Å². The first-order valence-corrected chi connectivity index (χ1v) is 7.61. The van der Waals surface area contributed by atoms with E-state index in [-0.39, 0.29) is 5.57 Å². The maximum Gasteiger partial charge on any atom is 0.528 e. The highest BCUT2D eigenvalue weighted by Gasteiger charge is 2.36. The van der Waals surface area contributed by atoms with E-state index in [1.54, 1.807) is 5.70 Å². The third kappa shape index (κ3) is 9.12. The lowest BCUT2D eigenvalue weighted by atomic mass is 10.4. The fourth-order valence-corrected chi connectivity index (χ4v) is 2.72. The molecule has 0 aliphatic heterocycles. The second-order valence-electron chi connectivity index (χ2n) is 3.17. The van der Waals surface area contributed by atoms with E-state index in [1.807, 2.05) is 20.8 Å². The van der Waals surface area contributed by atoms with Crippen molar-refractivity contribution < 1.29 is 23.2 Å². The highest BCUT2D eigenvalue weighted by Crippen LogP contribution is 2.10. The van der Waals surface area contributed by atoms with Crippen LogP contribution in [0.1, 0.15) is 27.7 Å². The van der Waals surface area contributed by atoms with Crippen LogP contribution >= 0.6 is 0 Å². The van der Waals surface area contributed by atoms with Gasteiger partial charge in [-0.3, -0.25) is 0 Å². The predicted molar refractivity (Wildman–Crippen MR) is 70.7 cm³/mol. The van der Waals surface area contributed by atoms with E-state index in [1.165, 1.54) is 6.92 Å². The Morgan fingerprint density at radius 2 is 1.44 bits per heavy atom. The number of hydrogen-bond donors (Lipinski definition) is 0. The third-order valence-corrected chi connectivity index (χ3v) is 4.21. The van der Waals surface area contributed by atoms with Crippen molar-refractivity contribution in [2.45, 2.75) is 27.7 Å². The van der Waals surface area contributed by atoms with Gasteiger partial charge in [0, 0.05) is 19.8 Å². The van der Waals surface area contributed by atoms with Crippen LogP contribution in [-0.2, 0) is 18.1 Å². The number of carboxylic acid groups (broad SMARTS) is 1. The summed E-state index contributed by atoms with van der Waals surface area (Å²) in [4.78, 5) is 9.49. The molecule has 0 rings (SSSR count). The molecular weight excluding hydrogens is 252 g/mol. The van der Waals surface area contributed by atoms with Gasteiger partial charge in [-0.2, -0.15) is 0 Å². The van der Waals surface area contributed by atoms with E-state index in [2.05, 4.69) is 13.2 Å². The zero-order chi connectivity index (χ0) is 14.6. The minimum absolute atomic E-state index is 0.0648. The standard InChI is InChI=1S/C8H18O3Si.C4H6O2/c1-5-9-12(8-4,10-6-2)11-7-3;1-3(2)4(5)6/h8H,4-7H2,1-3H3;1H2,2H3,(H,5,6)/p-1. The summed E-state index contributed by atoms with van der Waals surface area (Å²) in [5.41, 5.74) is 1.73. The lowest BCUT2D eigenvalue weighted by molar-refractivity contribution is -0.299. The molecule has 5 nitrogen and oxygen atoms in total. The number of carbonyl (C=O) groups excluding carboxylic acids is 1. The summed E-state index contributed by atoms with van der Waals surface area (Å²) in [5, 5.41) is 9.49. The fourth-order valence-electron chi connectivity index (χ4n) is 0.905. The SMILES string of the molecule is C=C(C)C(=O)[O-].C=C[Si](OCC)(OCC)OCC. The Morgan fingerprint density at radius 1 is 1.17 bits per heavy atom. The summed E-state index contributed by atoms with van der Waals surface area (Å²) in [6, 6.07) is 0. The van der Waals surface area contributed by atoms with Gasteiger partial charge in [-0.15, -0.1) is 0 Å². The lowest BCUT2D eigenvalue weighted by Gasteiger charge is -2.24. The molecular formula is C12H23O5Si-. The molecule has 6 heteroatoms. The van der Waals surface area contributed by atoms with Gasteiger partial charge >= 0.3 is 8.80 Å². The van der Waals surface area contributed by atoms with Crippen molar-refractivity contribution in [2.24, 2.45) is 0 Å². The Morgan fingerprint density at radius 3 is 1.56 bits per heavy atom. The lowest BCUT2D eigenvalue weighted by Crippen LogP contribution is -2.44. The van der Waals surface area contributed by atoms with Crippen LogP contribution in [0.3, 0.4) is 0 Å². The molecule has 0 spiro atoms. The molecule has 0 saturated carbocycles. The summed E-state index contributed by atoms with van der Waals surface area (Å²) in [6.45, 7) is 15.7. The molecule has 0 radical (unpaired) electrons. The van der Waals surface area contributed by atoms with Crippen LogP contribution in [-0.4, -0.2) is 34.6 Å². The first-order chi connectivity index (χ1) is 8.39. The maximum absolute atomic E-state index is 9.49. The van der Waals surface area contributed by atoms with Crippen molar-refractivity contribution in [1.29, 1.82) is 0 Å². The van der Waals surface area contributed by atoms with Crippen LogP contribution in [0.2, 0.25) is 0 Å².